The van der Waals surface area contributed by atoms with Crippen LogP contribution in [0.2, 0.25) is 0 Å². The zero-order valence-corrected chi connectivity index (χ0v) is 58.4. The van der Waals surface area contributed by atoms with Crippen LogP contribution in [0.5, 0.6) is 0 Å². The van der Waals surface area contributed by atoms with Gasteiger partial charge in [-0.2, -0.15) is 0 Å². The summed E-state index contributed by atoms with van der Waals surface area (Å²) in [5.74, 6) is -0.867. The normalized spacial score (nSPS) is 14.3. The molecule has 0 aliphatic rings. The van der Waals surface area contributed by atoms with Gasteiger partial charge in [0.1, 0.15) is 19.8 Å². The van der Waals surface area contributed by atoms with Crippen LogP contribution in [0.3, 0.4) is 0 Å². The predicted molar refractivity (Wildman–Crippen MR) is 387 cm³/mol. The first kappa shape index (κ1) is 84.8. The van der Waals surface area contributed by atoms with Gasteiger partial charge in [-0.3, -0.25) is 14.2 Å². The van der Waals surface area contributed by atoms with Gasteiger partial charge in [0.2, 0.25) is 0 Å². The Balaban J connectivity index is 4.19. The molecule has 0 radical (unpaired) electrons. The second kappa shape index (κ2) is 68.2. The minimum atomic E-state index is -4.66. The molecule has 0 N–H and O–H groups in total. The molecule has 10 heteroatoms. The molecule has 0 aliphatic heterocycles. The topological polar surface area (TPSA) is 111 Å². The summed E-state index contributed by atoms with van der Waals surface area (Å²) in [6, 6.07) is 0. The molecule has 0 fully saturated rings. The van der Waals surface area contributed by atoms with Crippen LogP contribution in [0.15, 0.2) is 194 Å². The maximum Gasteiger partial charge on any atom is 0.306 e. The number of quaternary nitrogens is 1. The molecular weight excluding hydrogens is 1130 g/mol. The average molecular weight is 1260 g/mol. The Kier molecular flexibility index (Phi) is 64.3. The molecule has 0 aliphatic carbocycles. The number of allylic oxidation sites excluding steroid dienone is 32. The van der Waals surface area contributed by atoms with Crippen LogP contribution in [-0.2, 0) is 32.7 Å². The van der Waals surface area contributed by atoms with Crippen molar-refractivity contribution in [3.05, 3.63) is 194 Å². The van der Waals surface area contributed by atoms with E-state index in [0.717, 1.165) is 161 Å². The third-order valence-corrected chi connectivity index (χ3v) is 15.1. The van der Waals surface area contributed by atoms with Crippen molar-refractivity contribution in [3.63, 3.8) is 0 Å². The van der Waals surface area contributed by atoms with Gasteiger partial charge in [0.15, 0.2) is 6.10 Å². The van der Waals surface area contributed by atoms with E-state index in [0.29, 0.717) is 23.9 Å². The fourth-order valence-corrected chi connectivity index (χ4v) is 9.53. The molecule has 0 amide bonds. The first-order chi connectivity index (χ1) is 44.0. The highest BCUT2D eigenvalue weighted by molar-refractivity contribution is 7.45. The Labute approximate surface area is 552 Å². The summed E-state index contributed by atoms with van der Waals surface area (Å²) in [7, 11) is 1.13. The molecule has 506 valence electrons. The molecule has 0 spiro atoms. The summed E-state index contributed by atoms with van der Waals surface area (Å²) in [5, 5.41) is 0. The highest BCUT2D eigenvalue weighted by Gasteiger charge is 2.22. The molecule has 0 heterocycles. The number of phosphoric ester groups is 1. The third-order valence-electron chi connectivity index (χ3n) is 14.1. The Morgan fingerprint density at radius 2 is 0.600 bits per heavy atom. The largest absolute Gasteiger partial charge is 0.756 e. The van der Waals surface area contributed by atoms with Gasteiger partial charge in [-0.05, 0) is 141 Å². The van der Waals surface area contributed by atoms with Crippen LogP contribution >= 0.6 is 7.82 Å². The van der Waals surface area contributed by atoms with Gasteiger partial charge in [0.25, 0.3) is 7.82 Å². The maximum atomic E-state index is 12.9. The molecule has 0 rings (SSSR count). The van der Waals surface area contributed by atoms with Crippen LogP contribution in [0.1, 0.15) is 245 Å². The first-order valence-electron chi connectivity index (χ1n) is 35.1. The molecule has 90 heavy (non-hydrogen) atoms. The van der Waals surface area contributed by atoms with Crippen molar-refractivity contribution >= 4 is 19.8 Å². The van der Waals surface area contributed by atoms with Crippen molar-refractivity contribution in [1.29, 1.82) is 0 Å². The summed E-state index contributed by atoms with van der Waals surface area (Å²) in [6.07, 6.45) is 106. The summed E-state index contributed by atoms with van der Waals surface area (Å²) < 4.78 is 34.3. The number of ether oxygens (including phenoxy) is 2. The van der Waals surface area contributed by atoms with Gasteiger partial charge in [0.05, 0.1) is 27.7 Å². The lowest BCUT2D eigenvalue weighted by molar-refractivity contribution is -0.870. The van der Waals surface area contributed by atoms with Crippen LogP contribution in [-0.4, -0.2) is 70.0 Å². The standard InChI is InChI=1S/C80H128NO8P/c1-6-8-10-12-14-16-18-20-22-24-26-28-30-32-34-36-38-39-40-41-43-45-47-49-51-53-55-57-59-61-63-65-67-69-71-73-80(83)89-78(77-88-90(84,85)87-75-74-81(3,4)5)76-86-79(82)72-70-68-66-64-62-60-58-56-54-52-50-48-46-44-42-37-35-33-31-29-27-25-23-21-19-17-15-13-11-9-7-2/h8-11,14-17,20-23,26-29,32-35,38-39,41-44,47-50,53,55,78H,6-7,12-13,18-19,24-25,30-31,36-37,40,45-46,51-52,54,56-77H2,1-5H3/b10-8-,11-9-,16-14-,17-15-,22-20-,23-21-,28-26-,29-27-,34-32-,35-33-,39-38-,43-41-,44-42-,49-47-,50-48-,55-53-. The van der Waals surface area contributed by atoms with Crippen molar-refractivity contribution < 1.29 is 42.1 Å². The minimum Gasteiger partial charge on any atom is -0.756 e. The third kappa shape index (κ3) is 71.9. The number of nitrogens with zero attached hydrogens (tertiary/aromatic N) is 1. The summed E-state index contributed by atoms with van der Waals surface area (Å²) in [6.45, 7) is 3.97. The SMILES string of the molecule is CC/C=C\C/C=C\C/C=C\C/C=C\C/C=C\C/C=C\C/C=C\C/C=C\C/C=C\CCCCCCCCCC(=O)OC(COC(=O)CCCCCCCCCCC/C=C\C/C=C\C/C=C\C/C=C\C/C=C\C/C=C\C/C=C\CC)COP(=O)([O-])OCC[N+](C)(C)C. The van der Waals surface area contributed by atoms with Crippen molar-refractivity contribution in [1.82, 2.24) is 0 Å². The molecule has 2 atom stereocenters. The van der Waals surface area contributed by atoms with E-state index in [9.17, 15) is 19.0 Å². The van der Waals surface area contributed by atoms with Gasteiger partial charge in [-0.25, -0.2) is 0 Å². The van der Waals surface area contributed by atoms with Crippen molar-refractivity contribution in [3.8, 4) is 0 Å². The quantitative estimate of drug-likeness (QED) is 0.0195. The van der Waals surface area contributed by atoms with Crippen LogP contribution in [0, 0.1) is 0 Å². The second-order valence-corrected chi connectivity index (χ2v) is 25.2. The van der Waals surface area contributed by atoms with Crippen LogP contribution in [0.25, 0.3) is 0 Å². The van der Waals surface area contributed by atoms with Crippen molar-refractivity contribution in [2.24, 2.45) is 0 Å². The Hall–Kier alpha value is -5.15. The lowest BCUT2D eigenvalue weighted by atomic mass is 10.1. The van der Waals surface area contributed by atoms with E-state index < -0.39 is 32.5 Å². The molecular formula is C80H128NO8P. The molecule has 0 bridgehead atoms. The number of phosphoric acid groups is 1. The predicted octanol–water partition coefficient (Wildman–Crippen LogP) is 22.6. The zero-order valence-electron chi connectivity index (χ0n) is 57.5. The number of carbonyl (C=O) groups excluding carboxylic acids is 2. The molecule has 0 aromatic carbocycles. The molecule has 9 nitrogen and oxygen atoms in total. The molecule has 0 saturated carbocycles. The monoisotopic (exact) mass is 1260 g/mol. The number of carbonyl (C=O) groups is 2. The average Bonchev–Trinajstić information content (AvgIpc) is 3.61. The maximum absolute atomic E-state index is 12.9. The lowest BCUT2D eigenvalue weighted by Gasteiger charge is -2.28. The number of esters is 2. The summed E-state index contributed by atoms with van der Waals surface area (Å²) in [4.78, 5) is 38.1. The Morgan fingerprint density at radius 3 is 0.889 bits per heavy atom. The molecule has 0 aromatic rings. The number of hydrogen-bond acceptors (Lipinski definition) is 8. The highest BCUT2D eigenvalue weighted by Crippen LogP contribution is 2.38. The molecule has 0 aromatic heterocycles. The lowest BCUT2D eigenvalue weighted by Crippen LogP contribution is -2.37. The first-order valence-corrected chi connectivity index (χ1v) is 36.6. The van der Waals surface area contributed by atoms with E-state index in [2.05, 4.69) is 208 Å². The van der Waals surface area contributed by atoms with E-state index >= 15 is 0 Å². The fourth-order valence-electron chi connectivity index (χ4n) is 8.80. The smallest absolute Gasteiger partial charge is 0.306 e. The van der Waals surface area contributed by atoms with E-state index in [4.69, 9.17) is 18.5 Å². The fraction of sp³-hybridized carbons (Fsp3) is 0.575. The van der Waals surface area contributed by atoms with E-state index in [1.807, 2.05) is 21.1 Å². The number of hydrogen-bond donors (Lipinski definition) is 0. The van der Waals surface area contributed by atoms with Crippen LogP contribution in [0.4, 0.5) is 0 Å². The van der Waals surface area contributed by atoms with Crippen molar-refractivity contribution in [2.45, 2.75) is 251 Å². The summed E-state index contributed by atoms with van der Waals surface area (Å²) in [5.41, 5.74) is 0. The van der Waals surface area contributed by atoms with E-state index in [1.54, 1.807) is 0 Å². The number of unbranched alkanes of at least 4 members (excludes halogenated alkanes) is 16. The van der Waals surface area contributed by atoms with Gasteiger partial charge in [-0.1, -0.05) is 285 Å². The van der Waals surface area contributed by atoms with Crippen molar-refractivity contribution in [2.75, 3.05) is 47.5 Å². The van der Waals surface area contributed by atoms with E-state index in [1.165, 1.54) is 44.9 Å². The second-order valence-electron chi connectivity index (χ2n) is 23.8. The Bertz CT molecular complexity index is 2220. The minimum absolute atomic E-state index is 0.0451. The van der Waals surface area contributed by atoms with Gasteiger partial charge < -0.3 is 27.9 Å². The van der Waals surface area contributed by atoms with Gasteiger partial charge in [0, 0.05) is 12.8 Å². The van der Waals surface area contributed by atoms with Gasteiger partial charge in [-0.15, -0.1) is 0 Å². The summed E-state index contributed by atoms with van der Waals surface area (Å²) >= 11 is 0. The number of rotatable bonds is 62. The van der Waals surface area contributed by atoms with Crippen LogP contribution < -0.4 is 4.89 Å². The van der Waals surface area contributed by atoms with E-state index in [-0.39, 0.29) is 26.1 Å². The Morgan fingerprint density at radius 1 is 0.344 bits per heavy atom. The zero-order chi connectivity index (χ0) is 65.5. The molecule has 0 saturated heterocycles. The highest BCUT2D eigenvalue weighted by atomic mass is 31.2. The van der Waals surface area contributed by atoms with Gasteiger partial charge >= 0.3 is 11.9 Å². The number of likely N-dealkylation sites (N-methyl/N-ethyl adjacent to an activating group) is 1. The molecule has 2 unspecified atom stereocenters.